The number of hydrazine groups is 1. The maximum atomic E-state index is 5.70. The van der Waals surface area contributed by atoms with Crippen LogP contribution in [-0.2, 0) is 0 Å². The molecular formula is C17H31N3. The molecule has 1 unspecified atom stereocenters. The zero-order chi connectivity index (χ0) is 14.6. The predicted octanol–water partition coefficient (Wildman–Crippen LogP) is 4.43. The number of hydrogen-bond donors (Lipinski definition) is 2. The molecule has 0 bridgehead atoms. The van der Waals surface area contributed by atoms with Gasteiger partial charge in [0, 0.05) is 18.4 Å². The van der Waals surface area contributed by atoms with E-state index in [0.29, 0.717) is 0 Å². The highest BCUT2D eigenvalue weighted by molar-refractivity contribution is 5.25. The summed E-state index contributed by atoms with van der Waals surface area (Å²) in [6.07, 6.45) is 15.7. The fourth-order valence-electron chi connectivity index (χ4n) is 2.69. The van der Waals surface area contributed by atoms with Gasteiger partial charge in [0.15, 0.2) is 0 Å². The summed E-state index contributed by atoms with van der Waals surface area (Å²) in [7, 11) is 0. The zero-order valence-corrected chi connectivity index (χ0v) is 13.2. The van der Waals surface area contributed by atoms with Gasteiger partial charge in [0.25, 0.3) is 0 Å². The summed E-state index contributed by atoms with van der Waals surface area (Å²) in [6, 6.07) is 2.34. The number of unbranched alkanes of at least 4 members (excludes halogenated alkanes) is 7. The molecule has 0 radical (unpaired) electrons. The van der Waals surface area contributed by atoms with Gasteiger partial charge >= 0.3 is 0 Å². The smallest absolute Gasteiger partial charge is 0.0463 e. The molecule has 1 rings (SSSR count). The molecule has 0 amide bonds. The first-order valence-electron chi connectivity index (χ1n) is 8.16. The van der Waals surface area contributed by atoms with Gasteiger partial charge in [0.05, 0.1) is 0 Å². The summed E-state index contributed by atoms with van der Waals surface area (Å²) < 4.78 is 0. The van der Waals surface area contributed by atoms with Crippen molar-refractivity contribution in [2.75, 3.05) is 0 Å². The number of nitrogens with two attached hydrogens (primary N) is 1. The molecule has 0 aliphatic carbocycles. The SMILES string of the molecule is CCCCCCCCCCC(NN)c1ccncc1C. The van der Waals surface area contributed by atoms with Gasteiger partial charge in [-0.15, -0.1) is 0 Å². The summed E-state index contributed by atoms with van der Waals surface area (Å²) >= 11 is 0. The van der Waals surface area contributed by atoms with E-state index in [1.807, 2.05) is 12.4 Å². The Morgan fingerprint density at radius 2 is 1.75 bits per heavy atom. The molecule has 0 aliphatic heterocycles. The van der Waals surface area contributed by atoms with Gasteiger partial charge < -0.3 is 0 Å². The lowest BCUT2D eigenvalue weighted by Gasteiger charge is -2.18. The first kappa shape index (κ1) is 17.1. The maximum absolute atomic E-state index is 5.70. The molecule has 0 saturated heterocycles. The Bertz CT molecular complexity index is 352. The van der Waals surface area contributed by atoms with Gasteiger partial charge in [-0.1, -0.05) is 58.3 Å². The lowest BCUT2D eigenvalue weighted by Crippen LogP contribution is -2.28. The zero-order valence-electron chi connectivity index (χ0n) is 13.2. The van der Waals surface area contributed by atoms with Gasteiger partial charge in [0.1, 0.15) is 0 Å². The topological polar surface area (TPSA) is 50.9 Å². The summed E-state index contributed by atoms with van der Waals surface area (Å²) in [6.45, 7) is 4.36. The minimum absolute atomic E-state index is 0.262. The average Bonchev–Trinajstić information content (AvgIpc) is 2.47. The van der Waals surface area contributed by atoms with E-state index in [1.54, 1.807) is 0 Å². The highest BCUT2D eigenvalue weighted by Gasteiger charge is 2.11. The predicted molar refractivity (Wildman–Crippen MR) is 86.3 cm³/mol. The minimum atomic E-state index is 0.262. The fourth-order valence-corrected chi connectivity index (χ4v) is 2.69. The molecular weight excluding hydrogens is 246 g/mol. The van der Waals surface area contributed by atoms with Crippen LogP contribution in [0.4, 0.5) is 0 Å². The van der Waals surface area contributed by atoms with Crippen LogP contribution in [0.1, 0.15) is 81.9 Å². The molecule has 3 heteroatoms. The van der Waals surface area contributed by atoms with Crippen molar-refractivity contribution in [3.8, 4) is 0 Å². The van der Waals surface area contributed by atoms with E-state index in [-0.39, 0.29) is 6.04 Å². The van der Waals surface area contributed by atoms with Crippen molar-refractivity contribution in [1.29, 1.82) is 0 Å². The number of rotatable bonds is 11. The minimum Gasteiger partial charge on any atom is -0.271 e. The molecule has 114 valence electrons. The van der Waals surface area contributed by atoms with Gasteiger partial charge in [-0.05, 0) is 30.5 Å². The van der Waals surface area contributed by atoms with Crippen molar-refractivity contribution in [2.24, 2.45) is 5.84 Å². The molecule has 1 atom stereocenters. The summed E-state index contributed by atoms with van der Waals surface area (Å²) in [5, 5.41) is 0. The van der Waals surface area contributed by atoms with E-state index in [2.05, 4.69) is 30.3 Å². The first-order valence-corrected chi connectivity index (χ1v) is 8.16. The summed E-state index contributed by atoms with van der Waals surface area (Å²) in [4.78, 5) is 4.14. The second-order valence-electron chi connectivity index (χ2n) is 5.72. The Morgan fingerprint density at radius 1 is 1.10 bits per heavy atom. The molecule has 1 heterocycles. The fraction of sp³-hybridized carbons (Fsp3) is 0.706. The normalized spacial score (nSPS) is 12.6. The third-order valence-electron chi connectivity index (χ3n) is 3.99. The molecule has 20 heavy (non-hydrogen) atoms. The van der Waals surface area contributed by atoms with E-state index in [9.17, 15) is 0 Å². The average molecular weight is 277 g/mol. The Kier molecular flexibility index (Phi) is 9.25. The molecule has 1 aromatic rings. The Balaban J connectivity index is 2.18. The number of nitrogens with one attached hydrogen (secondary N) is 1. The van der Waals surface area contributed by atoms with Crippen LogP contribution in [-0.4, -0.2) is 4.98 Å². The number of pyridine rings is 1. The monoisotopic (exact) mass is 277 g/mol. The van der Waals surface area contributed by atoms with E-state index in [4.69, 9.17) is 5.84 Å². The standard InChI is InChI=1S/C17H31N3/c1-3-4-5-6-7-8-9-10-11-17(20-18)16-12-13-19-14-15(16)2/h12-14,17,20H,3-11,18H2,1-2H3. The Labute approximate surface area is 124 Å². The maximum Gasteiger partial charge on any atom is 0.0463 e. The first-order chi connectivity index (χ1) is 9.79. The highest BCUT2D eigenvalue weighted by Crippen LogP contribution is 2.22. The quantitative estimate of drug-likeness (QED) is 0.357. The van der Waals surface area contributed by atoms with Crippen LogP contribution in [0.2, 0.25) is 0 Å². The molecule has 0 aliphatic rings. The van der Waals surface area contributed by atoms with Crippen LogP contribution < -0.4 is 11.3 Å². The van der Waals surface area contributed by atoms with Crippen molar-refractivity contribution < 1.29 is 0 Å². The van der Waals surface area contributed by atoms with Crippen LogP contribution in [0, 0.1) is 6.92 Å². The van der Waals surface area contributed by atoms with Crippen LogP contribution in [0.25, 0.3) is 0 Å². The van der Waals surface area contributed by atoms with Crippen molar-refractivity contribution >= 4 is 0 Å². The second-order valence-corrected chi connectivity index (χ2v) is 5.72. The molecule has 3 N–H and O–H groups in total. The molecule has 0 aromatic carbocycles. The molecule has 3 nitrogen and oxygen atoms in total. The van der Waals surface area contributed by atoms with Crippen LogP contribution in [0.3, 0.4) is 0 Å². The van der Waals surface area contributed by atoms with Gasteiger partial charge in [-0.3, -0.25) is 16.3 Å². The third-order valence-corrected chi connectivity index (χ3v) is 3.99. The van der Waals surface area contributed by atoms with Crippen molar-refractivity contribution in [3.63, 3.8) is 0 Å². The number of hydrogen-bond acceptors (Lipinski definition) is 3. The number of aryl methyl sites for hydroxylation is 1. The molecule has 1 aromatic heterocycles. The Morgan fingerprint density at radius 3 is 2.35 bits per heavy atom. The third kappa shape index (κ3) is 6.49. The summed E-state index contributed by atoms with van der Waals surface area (Å²) in [5.74, 6) is 5.70. The molecule has 0 saturated carbocycles. The van der Waals surface area contributed by atoms with E-state index in [0.717, 1.165) is 6.42 Å². The van der Waals surface area contributed by atoms with E-state index in [1.165, 1.54) is 62.5 Å². The number of nitrogens with zero attached hydrogens (tertiary/aromatic N) is 1. The van der Waals surface area contributed by atoms with Gasteiger partial charge in [0.2, 0.25) is 0 Å². The molecule has 0 fully saturated rings. The van der Waals surface area contributed by atoms with E-state index >= 15 is 0 Å². The second kappa shape index (κ2) is 10.8. The largest absolute Gasteiger partial charge is 0.271 e. The lowest BCUT2D eigenvalue weighted by molar-refractivity contribution is 0.473. The van der Waals surface area contributed by atoms with Crippen molar-refractivity contribution in [1.82, 2.24) is 10.4 Å². The van der Waals surface area contributed by atoms with Crippen molar-refractivity contribution in [3.05, 3.63) is 29.6 Å². The van der Waals surface area contributed by atoms with Gasteiger partial charge in [-0.2, -0.15) is 0 Å². The van der Waals surface area contributed by atoms with E-state index < -0.39 is 0 Å². The molecule has 0 spiro atoms. The van der Waals surface area contributed by atoms with Crippen molar-refractivity contribution in [2.45, 2.75) is 77.7 Å². The Hall–Kier alpha value is -0.930. The van der Waals surface area contributed by atoms with Crippen LogP contribution in [0.15, 0.2) is 18.5 Å². The summed E-state index contributed by atoms with van der Waals surface area (Å²) in [5.41, 5.74) is 5.45. The highest BCUT2D eigenvalue weighted by atomic mass is 15.2. The van der Waals surface area contributed by atoms with Crippen LogP contribution in [0.5, 0.6) is 0 Å². The number of aromatic nitrogens is 1. The van der Waals surface area contributed by atoms with Gasteiger partial charge in [-0.25, -0.2) is 0 Å². The van der Waals surface area contributed by atoms with Crippen LogP contribution >= 0.6 is 0 Å². The lowest BCUT2D eigenvalue weighted by atomic mass is 9.98.